The zero-order valence-corrected chi connectivity index (χ0v) is 21.7. The van der Waals surface area contributed by atoms with E-state index in [0.717, 1.165) is 44.8 Å². The van der Waals surface area contributed by atoms with Crippen molar-refractivity contribution in [2.45, 2.75) is 49.7 Å². The summed E-state index contributed by atoms with van der Waals surface area (Å²) >= 11 is 3.11. The molecule has 2 aromatic heterocycles. The molecule has 2 N–H and O–H groups in total. The van der Waals surface area contributed by atoms with Crippen LogP contribution >= 0.6 is 23.1 Å². The molecule has 0 unspecified atom stereocenters. The van der Waals surface area contributed by atoms with E-state index in [-0.39, 0.29) is 22.5 Å². The van der Waals surface area contributed by atoms with Crippen molar-refractivity contribution >= 4 is 56.0 Å². The minimum atomic E-state index is -0.338. The van der Waals surface area contributed by atoms with Gasteiger partial charge in [0, 0.05) is 52.3 Å². The Morgan fingerprint density at radius 1 is 1.17 bits per heavy atom. The number of amides is 3. The van der Waals surface area contributed by atoms with E-state index in [1.807, 2.05) is 56.0 Å². The number of hydrogen-bond acceptors (Lipinski definition) is 6. The van der Waals surface area contributed by atoms with Gasteiger partial charge in [0.05, 0.1) is 5.56 Å². The van der Waals surface area contributed by atoms with Gasteiger partial charge in [-0.2, -0.15) is 0 Å². The Bertz CT molecular complexity index is 1340. The van der Waals surface area contributed by atoms with Crippen molar-refractivity contribution in [3.63, 3.8) is 0 Å². The molecule has 1 aromatic carbocycles. The second kappa shape index (κ2) is 9.28. The monoisotopic (exact) mass is 508 g/mol. The van der Waals surface area contributed by atoms with Gasteiger partial charge in [0.25, 0.3) is 5.91 Å². The van der Waals surface area contributed by atoms with Crippen LogP contribution in [0.3, 0.4) is 0 Å². The maximum absolute atomic E-state index is 13.8. The van der Waals surface area contributed by atoms with Gasteiger partial charge in [0.1, 0.15) is 9.83 Å². The van der Waals surface area contributed by atoms with Gasteiger partial charge in [-0.3, -0.25) is 14.9 Å². The van der Waals surface area contributed by atoms with E-state index in [1.54, 1.807) is 11.8 Å². The number of ketones is 1. The molecule has 182 valence electrons. The summed E-state index contributed by atoms with van der Waals surface area (Å²) in [5.41, 5.74) is 3.22. The molecular weight excluding hydrogens is 480 g/mol. The average Bonchev–Trinajstić information content (AvgIpc) is 3.15. The lowest BCUT2D eigenvalue weighted by Gasteiger charge is -2.43. The number of likely N-dealkylation sites (tertiary alicyclic amines) is 1. The first-order chi connectivity index (χ1) is 16.8. The van der Waals surface area contributed by atoms with Crippen LogP contribution in [-0.4, -0.2) is 52.0 Å². The van der Waals surface area contributed by atoms with Crippen LogP contribution < -0.4 is 10.6 Å². The van der Waals surface area contributed by atoms with Crippen molar-refractivity contribution < 1.29 is 14.4 Å². The third-order valence-corrected chi connectivity index (χ3v) is 9.44. The van der Waals surface area contributed by atoms with Gasteiger partial charge in [-0.05, 0) is 51.3 Å². The number of pyridine rings is 1. The molecule has 7 nitrogen and oxygen atoms in total. The zero-order valence-electron chi connectivity index (χ0n) is 20.1. The standard InChI is InChI=1S/C26H28N4O3S2/c1-4-27-25(33)29-23-21(18-13-15(2)16(3)28-22(18)34-23)24(32)30-11-9-26(10-12-30)14-19(31)17-7-5-6-8-20(17)35-26/h5-8,13H,4,9-12,14H2,1-3H3,(H2,27,29,33). The highest BCUT2D eigenvalue weighted by molar-refractivity contribution is 8.01. The topological polar surface area (TPSA) is 91.4 Å². The van der Waals surface area contributed by atoms with Gasteiger partial charge < -0.3 is 10.2 Å². The Labute approximate surface area is 212 Å². The fourth-order valence-electron chi connectivity index (χ4n) is 4.82. The molecule has 0 radical (unpaired) electrons. The Hall–Kier alpha value is -2.91. The summed E-state index contributed by atoms with van der Waals surface area (Å²) in [6.07, 6.45) is 2.01. The van der Waals surface area contributed by atoms with Crippen molar-refractivity contribution in [1.82, 2.24) is 15.2 Å². The number of aryl methyl sites for hydroxylation is 2. The number of anilines is 1. The van der Waals surface area contributed by atoms with Gasteiger partial charge in [0.15, 0.2) is 5.78 Å². The number of aromatic nitrogens is 1. The maximum atomic E-state index is 13.8. The number of thiophene rings is 1. The van der Waals surface area contributed by atoms with Gasteiger partial charge in [-0.1, -0.05) is 29.5 Å². The number of hydrogen-bond donors (Lipinski definition) is 2. The van der Waals surface area contributed by atoms with Crippen LogP contribution in [0.15, 0.2) is 35.2 Å². The van der Waals surface area contributed by atoms with E-state index in [4.69, 9.17) is 0 Å². The highest BCUT2D eigenvalue weighted by Crippen LogP contribution is 2.49. The minimum absolute atomic E-state index is 0.101. The van der Waals surface area contributed by atoms with Crippen molar-refractivity contribution in [3.05, 3.63) is 52.7 Å². The predicted octanol–water partition coefficient (Wildman–Crippen LogP) is 5.41. The highest BCUT2D eigenvalue weighted by atomic mass is 32.2. The summed E-state index contributed by atoms with van der Waals surface area (Å²) < 4.78 is -0.170. The van der Waals surface area contributed by atoms with Crippen molar-refractivity contribution in [2.24, 2.45) is 0 Å². The molecule has 9 heteroatoms. The van der Waals surface area contributed by atoms with Crippen LogP contribution in [0, 0.1) is 13.8 Å². The summed E-state index contributed by atoms with van der Waals surface area (Å²) in [6.45, 7) is 7.39. The fraction of sp³-hybridized carbons (Fsp3) is 0.385. The smallest absolute Gasteiger partial charge is 0.319 e. The van der Waals surface area contributed by atoms with Gasteiger partial charge in [-0.25, -0.2) is 9.78 Å². The first kappa shape index (κ1) is 23.8. The summed E-state index contributed by atoms with van der Waals surface area (Å²) in [4.78, 5) is 47.3. The van der Waals surface area contributed by atoms with Crippen molar-refractivity contribution in [1.29, 1.82) is 0 Å². The Morgan fingerprint density at radius 2 is 1.91 bits per heavy atom. The third kappa shape index (κ3) is 4.43. The van der Waals surface area contributed by atoms with Crippen LogP contribution in [0.5, 0.6) is 0 Å². The van der Waals surface area contributed by atoms with Gasteiger partial charge >= 0.3 is 6.03 Å². The number of benzene rings is 1. The normalized spacial score (nSPS) is 16.9. The average molecular weight is 509 g/mol. The Morgan fingerprint density at radius 3 is 2.66 bits per heavy atom. The minimum Gasteiger partial charge on any atom is -0.338 e. The number of rotatable bonds is 3. The number of fused-ring (bicyclic) bond motifs is 2. The molecule has 3 amide bonds. The highest BCUT2D eigenvalue weighted by Gasteiger charge is 2.43. The van der Waals surface area contributed by atoms with Crippen LogP contribution in [0.1, 0.15) is 58.2 Å². The van der Waals surface area contributed by atoms with E-state index in [9.17, 15) is 14.4 Å². The van der Waals surface area contributed by atoms with Crippen LogP contribution in [-0.2, 0) is 0 Å². The molecule has 1 fully saturated rings. The van der Waals surface area contributed by atoms with E-state index >= 15 is 0 Å². The van der Waals surface area contributed by atoms with E-state index in [2.05, 4.69) is 15.6 Å². The SMILES string of the molecule is CCNC(=O)Nc1sc2nc(C)c(C)cc2c1C(=O)N1CCC2(CC1)CC(=O)c1ccccc1S2. The molecule has 0 bridgehead atoms. The lowest BCUT2D eigenvalue weighted by molar-refractivity contribution is 0.0699. The maximum Gasteiger partial charge on any atom is 0.319 e. The first-order valence-corrected chi connectivity index (χ1v) is 13.5. The number of urea groups is 1. The molecule has 2 aliphatic rings. The molecule has 1 saturated heterocycles. The number of nitrogens with zero attached hydrogens (tertiary/aromatic N) is 2. The molecule has 4 heterocycles. The number of thioether (sulfide) groups is 1. The molecule has 0 atom stereocenters. The predicted molar refractivity (Wildman–Crippen MR) is 141 cm³/mol. The molecule has 0 saturated carbocycles. The van der Waals surface area contributed by atoms with E-state index in [1.165, 1.54) is 11.3 Å². The lowest BCUT2D eigenvalue weighted by Crippen LogP contribution is -2.47. The van der Waals surface area contributed by atoms with Crippen LogP contribution in [0.25, 0.3) is 10.2 Å². The number of carbonyl (C=O) groups is 3. The summed E-state index contributed by atoms with van der Waals surface area (Å²) in [6, 6.07) is 9.45. The number of nitrogens with one attached hydrogen (secondary N) is 2. The summed E-state index contributed by atoms with van der Waals surface area (Å²) in [5.74, 6) is 0.0868. The molecule has 35 heavy (non-hydrogen) atoms. The van der Waals surface area contributed by atoms with E-state index in [0.29, 0.717) is 36.6 Å². The van der Waals surface area contributed by atoms with E-state index < -0.39 is 0 Å². The molecule has 2 aliphatic heterocycles. The molecule has 0 aliphatic carbocycles. The number of Topliss-reactive ketones (excluding diaryl/α,β-unsaturated/α-hetero) is 1. The Kier molecular flexibility index (Phi) is 6.31. The second-order valence-corrected chi connectivity index (χ2v) is 11.7. The molecule has 3 aromatic rings. The van der Waals surface area contributed by atoms with Crippen molar-refractivity contribution in [2.75, 3.05) is 25.0 Å². The molecule has 5 rings (SSSR count). The zero-order chi connectivity index (χ0) is 24.7. The third-order valence-electron chi connectivity index (χ3n) is 6.86. The van der Waals surface area contributed by atoms with Crippen LogP contribution in [0.2, 0.25) is 0 Å². The van der Waals surface area contributed by atoms with Gasteiger partial charge in [-0.15, -0.1) is 11.8 Å². The quantitative estimate of drug-likeness (QED) is 0.494. The first-order valence-electron chi connectivity index (χ1n) is 11.9. The molecular formula is C26H28N4O3S2. The lowest BCUT2D eigenvalue weighted by atomic mass is 9.87. The second-order valence-electron chi connectivity index (χ2n) is 9.21. The summed E-state index contributed by atoms with van der Waals surface area (Å²) in [5, 5.41) is 6.89. The fourth-order valence-corrected chi connectivity index (χ4v) is 7.40. The van der Waals surface area contributed by atoms with Crippen LogP contribution in [0.4, 0.5) is 9.80 Å². The summed E-state index contributed by atoms with van der Waals surface area (Å²) in [7, 11) is 0. The van der Waals surface area contributed by atoms with Crippen molar-refractivity contribution in [3.8, 4) is 0 Å². The largest absolute Gasteiger partial charge is 0.338 e. The Balaban J connectivity index is 1.41. The van der Waals surface area contributed by atoms with Gasteiger partial charge in [0.2, 0.25) is 0 Å². The molecule has 1 spiro atoms. The number of piperidine rings is 1. The number of carbonyl (C=O) groups excluding carboxylic acids is 3.